The van der Waals surface area contributed by atoms with E-state index in [0.29, 0.717) is 36.7 Å². The summed E-state index contributed by atoms with van der Waals surface area (Å²) in [4.78, 5) is 41.9. The smallest absolute Gasteiger partial charge is 0.328 e. The van der Waals surface area contributed by atoms with Crippen molar-refractivity contribution in [3.63, 3.8) is 0 Å². The summed E-state index contributed by atoms with van der Waals surface area (Å²) >= 11 is 0. The van der Waals surface area contributed by atoms with Gasteiger partial charge in [0.25, 0.3) is 0 Å². The molecule has 39 heavy (non-hydrogen) atoms. The van der Waals surface area contributed by atoms with E-state index in [1.54, 1.807) is 6.20 Å². The molecule has 1 amide bonds. The molecule has 4 atom stereocenters. The zero-order chi connectivity index (χ0) is 28.1. The molecular formula is C29H37N5O5. The molecule has 4 N–H and O–H groups in total. The summed E-state index contributed by atoms with van der Waals surface area (Å²) in [6, 6.07) is 7.74. The number of fused-ring (bicyclic) bond motifs is 2. The summed E-state index contributed by atoms with van der Waals surface area (Å²) in [6.07, 6.45) is 10.9. The van der Waals surface area contributed by atoms with Gasteiger partial charge < -0.3 is 30.0 Å². The highest BCUT2D eigenvalue weighted by molar-refractivity contribution is 5.90. The average Bonchev–Trinajstić information content (AvgIpc) is 3.57. The summed E-state index contributed by atoms with van der Waals surface area (Å²) in [5.41, 5.74) is 4.26. The normalized spacial score (nSPS) is 21.2. The van der Waals surface area contributed by atoms with Gasteiger partial charge in [0, 0.05) is 79.2 Å². The van der Waals surface area contributed by atoms with E-state index in [1.807, 2.05) is 6.20 Å². The van der Waals surface area contributed by atoms with E-state index in [-0.39, 0.29) is 11.8 Å². The van der Waals surface area contributed by atoms with E-state index in [0.717, 1.165) is 38.1 Å². The first-order valence-corrected chi connectivity index (χ1v) is 13.4. The zero-order valence-corrected chi connectivity index (χ0v) is 22.6. The van der Waals surface area contributed by atoms with Crippen molar-refractivity contribution in [2.45, 2.75) is 57.5 Å². The standard InChI is InChI=1S/C25H33N5O.C4H4O4/c1-4-16(2)30-15-17-13-22-20(19-6-5-7-21(30)24(17)19)12-18(14-29(22)3)25(31)28-9-8-23-26-10-11-27-23;5-3(6)1-2-4(7)8/h5-7,10-11,15-16,18,20,22H,4,8-9,12-14H2,1-3H3,(H,26,27)(H,28,31);1-2H,(H,5,6)(H,7,8)/b;2-1-/t16?,18-,20?,22-;/m1./s1. The molecule has 1 aromatic carbocycles. The number of carboxylic acids is 2. The van der Waals surface area contributed by atoms with Gasteiger partial charge in [0.2, 0.25) is 5.91 Å². The number of hydrogen-bond acceptors (Lipinski definition) is 5. The highest BCUT2D eigenvalue weighted by Crippen LogP contribution is 2.45. The fourth-order valence-corrected chi connectivity index (χ4v) is 5.85. The zero-order valence-electron chi connectivity index (χ0n) is 22.6. The van der Waals surface area contributed by atoms with Crippen LogP contribution in [0.4, 0.5) is 0 Å². The lowest BCUT2D eigenvalue weighted by Gasteiger charge is -2.45. The minimum Gasteiger partial charge on any atom is -0.478 e. The number of carboxylic acid groups (broad SMARTS) is 2. The van der Waals surface area contributed by atoms with Crippen LogP contribution in [0.5, 0.6) is 0 Å². The lowest BCUT2D eigenvalue weighted by atomic mass is 9.72. The molecule has 2 aromatic heterocycles. The number of aromatic nitrogens is 3. The van der Waals surface area contributed by atoms with Gasteiger partial charge in [0.1, 0.15) is 5.82 Å². The fraction of sp³-hybridized carbons (Fsp3) is 0.448. The van der Waals surface area contributed by atoms with E-state index in [4.69, 9.17) is 10.2 Å². The van der Waals surface area contributed by atoms with Crippen LogP contribution in [-0.4, -0.2) is 73.7 Å². The van der Waals surface area contributed by atoms with Gasteiger partial charge in [-0.05, 0) is 50.4 Å². The molecule has 0 saturated carbocycles. The number of imidazole rings is 1. The number of H-pyrrole nitrogens is 1. The summed E-state index contributed by atoms with van der Waals surface area (Å²) < 4.78 is 2.46. The van der Waals surface area contributed by atoms with Gasteiger partial charge in [0.15, 0.2) is 0 Å². The number of rotatable bonds is 8. The van der Waals surface area contributed by atoms with Crippen molar-refractivity contribution in [1.82, 2.24) is 24.8 Å². The molecule has 2 aliphatic rings. The third-order valence-corrected chi connectivity index (χ3v) is 7.90. The van der Waals surface area contributed by atoms with Gasteiger partial charge in [-0.15, -0.1) is 0 Å². The van der Waals surface area contributed by atoms with Crippen molar-refractivity contribution in [2.24, 2.45) is 5.92 Å². The molecule has 1 aliphatic heterocycles. The second-order valence-electron chi connectivity index (χ2n) is 10.4. The maximum absolute atomic E-state index is 13.0. The fourth-order valence-electron chi connectivity index (χ4n) is 5.85. The highest BCUT2D eigenvalue weighted by atomic mass is 16.4. The third kappa shape index (κ3) is 6.39. The number of carbonyl (C=O) groups is 3. The number of carbonyl (C=O) groups excluding carboxylic acids is 1. The van der Waals surface area contributed by atoms with Crippen LogP contribution in [0.3, 0.4) is 0 Å². The minimum atomic E-state index is -1.26. The first-order chi connectivity index (χ1) is 18.7. The molecule has 3 heterocycles. The van der Waals surface area contributed by atoms with E-state index in [1.165, 1.54) is 22.0 Å². The van der Waals surface area contributed by atoms with Gasteiger partial charge in [-0.1, -0.05) is 19.1 Å². The number of piperidine rings is 1. The third-order valence-electron chi connectivity index (χ3n) is 7.90. The van der Waals surface area contributed by atoms with E-state index >= 15 is 0 Å². The Morgan fingerprint density at radius 3 is 2.62 bits per heavy atom. The highest BCUT2D eigenvalue weighted by Gasteiger charge is 2.41. The number of likely N-dealkylation sites (tertiary alicyclic amines) is 1. The van der Waals surface area contributed by atoms with Crippen molar-refractivity contribution >= 4 is 28.7 Å². The molecule has 0 radical (unpaired) electrons. The first-order valence-electron chi connectivity index (χ1n) is 13.4. The monoisotopic (exact) mass is 535 g/mol. The Labute approximate surface area is 227 Å². The SMILES string of the molecule is CCC(C)n1cc2c3c(cccc31)C1C[C@@H](C(=O)NCCc3ncc[nH]3)CN(C)[C@@H]1C2.O=C(O)/C=C\C(=O)O. The van der Waals surface area contributed by atoms with Crippen molar-refractivity contribution in [3.05, 3.63) is 65.9 Å². The molecule has 0 bridgehead atoms. The van der Waals surface area contributed by atoms with Crippen LogP contribution >= 0.6 is 0 Å². The predicted octanol–water partition coefficient (Wildman–Crippen LogP) is 3.37. The van der Waals surface area contributed by atoms with Gasteiger partial charge >= 0.3 is 11.9 Å². The summed E-state index contributed by atoms with van der Waals surface area (Å²) in [6.45, 7) is 6.00. The van der Waals surface area contributed by atoms with Crippen molar-refractivity contribution < 1.29 is 24.6 Å². The maximum Gasteiger partial charge on any atom is 0.328 e. The maximum atomic E-state index is 13.0. The number of hydrogen-bond donors (Lipinski definition) is 4. The molecule has 5 rings (SSSR count). The predicted molar refractivity (Wildman–Crippen MR) is 148 cm³/mol. The largest absolute Gasteiger partial charge is 0.478 e. The molecular weight excluding hydrogens is 498 g/mol. The van der Waals surface area contributed by atoms with Gasteiger partial charge in [0.05, 0.1) is 5.92 Å². The second kappa shape index (κ2) is 12.3. The molecule has 10 nitrogen and oxygen atoms in total. The van der Waals surface area contributed by atoms with Crippen LogP contribution < -0.4 is 5.32 Å². The summed E-state index contributed by atoms with van der Waals surface area (Å²) in [5.74, 6) is -0.995. The number of aromatic amines is 1. The van der Waals surface area contributed by atoms with Crippen LogP contribution in [-0.2, 0) is 27.2 Å². The Morgan fingerprint density at radius 2 is 1.97 bits per heavy atom. The molecule has 2 unspecified atom stereocenters. The van der Waals surface area contributed by atoms with Crippen molar-refractivity contribution in [1.29, 1.82) is 0 Å². The number of aliphatic carboxylic acids is 2. The summed E-state index contributed by atoms with van der Waals surface area (Å²) in [7, 11) is 2.19. The molecule has 0 spiro atoms. The Morgan fingerprint density at radius 1 is 1.23 bits per heavy atom. The number of nitrogens with one attached hydrogen (secondary N) is 2. The number of likely N-dealkylation sites (N-methyl/N-ethyl adjacent to an activating group) is 1. The van der Waals surface area contributed by atoms with Crippen LogP contribution in [0.2, 0.25) is 0 Å². The lowest BCUT2D eigenvalue weighted by Crippen LogP contribution is -2.51. The van der Waals surface area contributed by atoms with E-state index in [9.17, 15) is 14.4 Å². The Hall–Kier alpha value is -3.92. The first kappa shape index (κ1) is 28.1. The van der Waals surface area contributed by atoms with Gasteiger partial charge in [-0.3, -0.25) is 4.79 Å². The molecule has 1 saturated heterocycles. The van der Waals surface area contributed by atoms with Crippen LogP contribution in [0.25, 0.3) is 10.9 Å². The van der Waals surface area contributed by atoms with Crippen molar-refractivity contribution in [3.8, 4) is 0 Å². The van der Waals surface area contributed by atoms with Gasteiger partial charge in [-0.2, -0.15) is 0 Å². The molecule has 10 heteroatoms. The van der Waals surface area contributed by atoms with E-state index in [2.05, 4.69) is 70.0 Å². The summed E-state index contributed by atoms with van der Waals surface area (Å²) in [5, 5.41) is 20.2. The van der Waals surface area contributed by atoms with Gasteiger partial charge in [-0.25, -0.2) is 14.6 Å². The quantitative estimate of drug-likeness (QED) is 0.324. The molecule has 208 valence electrons. The lowest BCUT2D eigenvalue weighted by molar-refractivity contribution is -0.134. The molecule has 1 fully saturated rings. The molecule has 1 aliphatic carbocycles. The number of amides is 1. The minimum absolute atomic E-state index is 0.0244. The average molecular weight is 536 g/mol. The molecule has 3 aromatic rings. The van der Waals surface area contributed by atoms with Crippen molar-refractivity contribution in [2.75, 3.05) is 20.1 Å². The van der Waals surface area contributed by atoms with Crippen LogP contribution in [0.1, 0.15) is 55.6 Å². The topological polar surface area (TPSA) is 141 Å². The Balaban J connectivity index is 0.000000386. The second-order valence-corrected chi connectivity index (χ2v) is 10.4. The number of benzene rings is 1. The Kier molecular flexibility index (Phi) is 8.86. The van der Waals surface area contributed by atoms with Crippen LogP contribution in [0, 0.1) is 5.92 Å². The number of nitrogens with zero attached hydrogens (tertiary/aromatic N) is 3. The van der Waals surface area contributed by atoms with E-state index < -0.39 is 11.9 Å². The Bertz CT molecular complexity index is 1330. The van der Waals surface area contributed by atoms with Crippen LogP contribution in [0.15, 0.2) is 48.9 Å².